The Labute approximate surface area is 253 Å². The monoisotopic (exact) mass is 592 g/mol. The van der Waals surface area contributed by atoms with Gasteiger partial charge in [0.15, 0.2) is 0 Å². The molecule has 1 heterocycles. The van der Waals surface area contributed by atoms with Gasteiger partial charge in [-0.2, -0.15) is 0 Å². The van der Waals surface area contributed by atoms with Gasteiger partial charge in [0.25, 0.3) is 0 Å². The fourth-order valence-electron chi connectivity index (χ4n) is 5.01. The molecule has 0 bridgehead atoms. The van der Waals surface area contributed by atoms with Crippen LogP contribution in [0.4, 0.5) is 0 Å². The molecule has 0 fully saturated rings. The lowest BCUT2D eigenvalue weighted by Gasteiger charge is -2.24. The predicted molar refractivity (Wildman–Crippen MR) is 168 cm³/mol. The molecule has 0 unspecified atom stereocenters. The summed E-state index contributed by atoms with van der Waals surface area (Å²) in [5.41, 5.74) is 8.70. The molecule has 3 aromatic rings. The Balaban J connectivity index is 1.71. The fraction of sp³-hybridized carbons (Fsp3) is 0.424. The first-order valence-corrected chi connectivity index (χ1v) is 15.6. The van der Waals surface area contributed by atoms with Crippen molar-refractivity contribution in [2.75, 3.05) is 19.6 Å². The highest BCUT2D eigenvalue weighted by molar-refractivity contribution is 7.09. The van der Waals surface area contributed by atoms with Crippen LogP contribution in [0.2, 0.25) is 0 Å². The van der Waals surface area contributed by atoms with Crippen LogP contribution in [0.25, 0.3) is 0 Å². The van der Waals surface area contributed by atoms with Gasteiger partial charge in [-0.3, -0.25) is 14.4 Å². The second kappa shape index (κ2) is 17.4. The smallest absolute Gasteiger partial charge is 0.226 e. The lowest BCUT2D eigenvalue weighted by atomic mass is 9.98. The molecule has 3 amide bonds. The van der Waals surface area contributed by atoms with E-state index in [0.29, 0.717) is 43.7 Å². The average Bonchev–Trinajstić information content (AvgIpc) is 3.46. The lowest BCUT2D eigenvalue weighted by molar-refractivity contribution is -0.130. The Morgan fingerprint density at radius 2 is 1.52 bits per heavy atom. The lowest BCUT2D eigenvalue weighted by Crippen LogP contribution is -2.49. The van der Waals surface area contributed by atoms with Crippen LogP contribution in [0.3, 0.4) is 0 Å². The maximum atomic E-state index is 13.3. The van der Waals surface area contributed by atoms with Gasteiger partial charge in [0.2, 0.25) is 17.7 Å². The molecule has 42 heavy (non-hydrogen) atoms. The van der Waals surface area contributed by atoms with Gasteiger partial charge in [-0.15, -0.1) is 11.3 Å². The van der Waals surface area contributed by atoms with E-state index in [4.69, 9.17) is 5.73 Å². The van der Waals surface area contributed by atoms with E-state index in [1.54, 1.807) is 17.4 Å². The Morgan fingerprint density at radius 1 is 0.881 bits per heavy atom. The molecular weight excluding hydrogens is 548 g/mol. The second-order valence-electron chi connectivity index (χ2n) is 10.7. The minimum absolute atomic E-state index is 0.0208. The number of nitrogens with zero attached hydrogens (tertiary/aromatic N) is 1. The molecular formula is C33H44N4O4S. The third-order valence-electron chi connectivity index (χ3n) is 6.89. The first kappa shape index (κ1) is 33.0. The summed E-state index contributed by atoms with van der Waals surface area (Å²) in [4.78, 5) is 40.9. The molecule has 2 atom stereocenters. The molecule has 1 aromatic heterocycles. The van der Waals surface area contributed by atoms with E-state index in [1.807, 2.05) is 78.7 Å². The summed E-state index contributed by atoms with van der Waals surface area (Å²) in [5.74, 6) is -0.701. The number of primary amides is 1. The topological polar surface area (TPSA) is 125 Å². The van der Waals surface area contributed by atoms with Gasteiger partial charge in [0, 0.05) is 37.5 Å². The van der Waals surface area contributed by atoms with E-state index in [1.165, 1.54) is 0 Å². The van der Waals surface area contributed by atoms with Gasteiger partial charge in [0.1, 0.15) is 0 Å². The van der Waals surface area contributed by atoms with Crippen molar-refractivity contribution in [3.63, 3.8) is 0 Å². The van der Waals surface area contributed by atoms with Crippen LogP contribution in [0, 0.1) is 0 Å². The minimum atomic E-state index is -0.808. The zero-order valence-electron chi connectivity index (χ0n) is 24.7. The van der Waals surface area contributed by atoms with Crippen molar-refractivity contribution in [3.05, 3.63) is 93.2 Å². The van der Waals surface area contributed by atoms with Crippen LogP contribution in [0.5, 0.6) is 0 Å². The van der Waals surface area contributed by atoms with Gasteiger partial charge in [-0.1, -0.05) is 68.4 Å². The number of benzene rings is 2. The molecule has 5 N–H and O–H groups in total. The third kappa shape index (κ3) is 11.4. The number of amides is 3. The van der Waals surface area contributed by atoms with Crippen LogP contribution in [-0.4, -0.2) is 59.5 Å². The molecule has 0 aliphatic heterocycles. The van der Waals surface area contributed by atoms with Crippen LogP contribution >= 0.6 is 11.3 Å². The summed E-state index contributed by atoms with van der Waals surface area (Å²) in [5, 5.41) is 19.4. The number of carbonyl (C=O) groups excluding carboxylic acids is 3. The predicted octanol–water partition coefficient (Wildman–Crippen LogP) is 3.39. The quantitative estimate of drug-likeness (QED) is 0.180. The van der Waals surface area contributed by atoms with Crippen LogP contribution in [0.15, 0.2) is 66.0 Å². The normalized spacial score (nSPS) is 12.5. The number of rotatable bonds is 18. The van der Waals surface area contributed by atoms with Gasteiger partial charge in [-0.05, 0) is 46.5 Å². The van der Waals surface area contributed by atoms with Crippen LogP contribution < -0.4 is 16.4 Å². The van der Waals surface area contributed by atoms with Crippen molar-refractivity contribution in [3.8, 4) is 0 Å². The summed E-state index contributed by atoms with van der Waals surface area (Å²) in [7, 11) is 0. The minimum Gasteiger partial charge on any atom is -0.390 e. The summed E-state index contributed by atoms with van der Waals surface area (Å²) >= 11 is 1.58. The summed E-state index contributed by atoms with van der Waals surface area (Å²) in [6.45, 7) is 6.40. The molecule has 3 rings (SSSR count). The maximum Gasteiger partial charge on any atom is 0.226 e. The van der Waals surface area contributed by atoms with Crippen molar-refractivity contribution in [1.29, 1.82) is 0 Å². The highest BCUT2D eigenvalue weighted by Gasteiger charge is 2.23. The zero-order valence-corrected chi connectivity index (χ0v) is 25.5. The SMILES string of the molecule is CCCN(CCC)C(=O)Cc1cc(CC(N)=O)cc(CC(=O)N[C@@H](Cc2cccs2)[C@H](O)CNCc2ccccc2)c1. The average molecular weight is 593 g/mol. The van der Waals surface area contributed by atoms with Crippen molar-refractivity contribution in [2.24, 2.45) is 5.73 Å². The number of hydrogen-bond acceptors (Lipinski definition) is 6. The molecule has 8 nitrogen and oxygen atoms in total. The van der Waals surface area contributed by atoms with Crippen molar-refractivity contribution in [1.82, 2.24) is 15.5 Å². The van der Waals surface area contributed by atoms with Crippen molar-refractivity contribution in [2.45, 2.75) is 71.1 Å². The van der Waals surface area contributed by atoms with Crippen molar-refractivity contribution >= 4 is 29.1 Å². The van der Waals surface area contributed by atoms with E-state index in [0.717, 1.165) is 28.8 Å². The summed E-state index contributed by atoms with van der Waals surface area (Å²) in [6.07, 6.45) is 1.71. The molecule has 0 aliphatic rings. The Bertz CT molecular complexity index is 1260. The Kier molecular flexibility index (Phi) is 13.7. The highest BCUT2D eigenvalue weighted by Crippen LogP contribution is 2.16. The third-order valence-corrected chi connectivity index (χ3v) is 7.79. The first-order chi connectivity index (χ1) is 20.3. The molecule has 9 heteroatoms. The van der Waals surface area contributed by atoms with Crippen LogP contribution in [-0.2, 0) is 46.6 Å². The first-order valence-electron chi connectivity index (χ1n) is 14.7. The van der Waals surface area contributed by atoms with E-state index in [9.17, 15) is 19.5 Å². The maximum absolute atomic E-state index is 13.3. The molecule has 0 saturated heterocycles. The molecule has 226 valence electrons. The molecule has 0 spiro atoms. The summed E-state index contributed by atoms with van der Waals surface area (Å²) < 4.78 is 0. The number of aliphatic hydroxyl groups excluding tert-OH is 1. The van der Waals surface area contributed by atoms with Gasteiger partial charge >= 0.3 is 0 Å². The van der Waals surface area contributed by atoms with Gasteiger partial charge in [-0.25, -0.2) is 0 Å². The molecule has 2 aromatic carbocycles. The zero-order chi connectivity index (χ0) is 30.3. The van der Waals surface area contributed by atoms with E-state index in [-0.39, 0.29) is 31.1 Å². The molecule has 0 radical (unpaired) electrons. The van der Waals surface area contributed by atoms with E-state index >= 15 is 0 Å². The number of hydrogen-bond donors (Lipinski definition) is 4. The number of aliphatic hydroxyl groups is 1. The molecule has 0 aliphatic carbocycles. The van der Waals surface area contributed by atoms with Crippen molar-refractivity contribution < 1.29 is 19.5 Å². The summed E-state index contributed by atoms with van der Waals surface area (Å²) in [6, 6.07) is 18.9. The largest absolute Gasteiger partial charge is 0.390 e. The van der Waals surface area contributed by atoms with E-state index in [2.05, 4.69) is 10.6 Å². The van der Waals surface area contributed by atoms with E-state index < -0.39 is 18.1 Å². The second-order valence-corrected chi connectivity index (χ2v) is 11.7. The highest BCUT2D eigenvalue weighted by atomic mass is 32.1. The molecule has 0 saturated carbocycles. The Morgan fingerprint density at radius 3 is 2.12 bits per heavy atom. The van der Waals surface area contributed by atoms with Gasteiger partial charge in [0.05, 0.1) is 31.4 Å². The number of nitrogens with one attached hydrogen (secondary N) is 2. The number of thiophene rings is 1. The fourth-order valence-corrected chi connectivity index (χ4v) is 5.77. The van der Waals surface area contributed by atoms with Crippen LogP contribution in [0.1, 0.15) is 53.8 Å². The number of nitrogens with two attached hydrogens (primary N) is 1. The Hall–Kier alpha value is -3.53. The number of carbonyl (C=O) groups is 3. The standard InChI is InChI=1S/C33H44N4O4S/c1-3-12-37(13-4-2)33(41)20-27-16-25(18-31(34)39)15-26(17-27)19-32(40)36-29(21-28-11-8-14-42-28)30(38)23-35-22-24-9-6-5-7-10-24/h5-11,14-17,29-30,35,38H,3-4,12-13,18-23H2,1-2H3,(H2,34,39)(H,36,40)/t29-,30+/m0/s1. The van der Waals surface area contributed by atoms with Gasteiger partial charge < -0.3 is 26.4 Å².